The van der Waals surface area contributed by atoms with E-state index in [1.165, 1.54) is 18.4 Å². The molecule has 1 atom stereocenters. The molecule has 1 saturated carbocycles. The van der Waals surface area contributed by atoms with Gasteiger partial charge in [-0.15, -0.1) is 0 Å². The van der Waals surface area contributed by atoms with Crippen LogP contribution in [-0.4, -0.2) is 27.5 Å². The number of hydrogen-bond acceptors (Lipinski definition) is 4. The largest absolute Gasteiger partial charge is 0.339 e. The minimum atomic E-state index is 0.0212. The number of aromatic nitrogens is 2. The Bertz CT molecular complexity index is 588. The number of carbonyl (C=O) groups excluding carboxylic acids is 1. The van der Waals surface area contributed by atoms with Gasteiger partial charge in [0, 0.05) is 18.9 Å². The summed E-state index contributed by atoms with van der Waals surface area (Å²) in [7, 11) is 0. The Balaban J connectivity index is 1.45. The molecule has 1 amide bonds. The fourth-order valence-electron chi connectivity index (χ4n) is 3.57. The third-order valence-corrected chi connectivity index (χ3v) is 5.02. The van der Waals surface area contributed by atoms with Gasteiger partial charge in [0.25, 0.3) is 0 Å². The topological polar surface area (TPSA) is 59.2 Å². The Hall–Kier alpha value is -1.65. The molecule has 0 unspecified atom stereocenters. The second-order valence-corrected chi connectivity index (χ2v) is 6.80. The van der Waals surface area contributed by atoms with Gasteiger partial charge in [-0.05, 0) is 51.4 Å². The van der Waals surface area contributed by atoms with E-state index in [0.29, 0.717) is 18.2 Å². The van der Waals surface area contributed by atoms with Crippen molar-refractivity contribution in [3.05, 3.63) is 23.4 Å². The van der Waals surface area contributed by atoms with Crippen molar-refractivity contribution in [3.63, 3.8) is 0 Å². The zero-order valence-corrected chi connectivity index (χ0v) is 13.0. The van der Waals surface area contributed by atoms with Crippen molar-refractivity contribution in [2.24, 2.45) is 0 Å². The van der Waals surface area contributed by atoms with Crippen LogP contribution in [0, 0.1) is 0 Å². The molecule has 0 N–H and O–H groups in total. The van der Waals surface area contributed by atoms with Crippen LogP contribution in [0.15, 0.2) is 16.2 Å². The number of carbonyl (C=O) groups is 1. The van der Waals surface area contributed by atoms with Crippen LogP contribution in [0.25, 0.3) is 0 Å². The summed E-state index contributed by atoms with van der Waals surface area (Å²) in [5.74, 6) is 2.18. The molecule has 1 aliphatic heterocycles. The number of allylic oxidation sites excluding steroid dienone is 1. The quantitative estimate of drug-likeness (QED) is 0.799. The van der Waals surface area contributed by atoms with Gasteiger partial charge < -0.3 is 9.42 Å². The summed E-state index contributed by atoms with van der Waals surface area (Å²) in [5.41, 5.74) is 1.31. The fourth-order valence-corrected chi connectivity index (χ4v) is 3.57. The molecule has 3 aliphatic rings. The Labute approximate surface area is 130 Å². The first-order valence-electron chi connectivity index (χ1n) is 8.62. The first-order chi connectivity index (χ1) is 10.8. The van der Waals surface area contributed by atoms with E-state index in [0.717, 1.165) is 51.0 Å². The predicted octanol–water partition coefficient (Wildman–Crippen LogP) is 3.50. The second kappa shape index (κ2) is 5.86. The van der Waals surface area contributed by atoms with Crippen LogP contribution in [0.1, 0.15) is 81.5 Å². The van der Waals surface area contributed by atoms with Crippen molar-refractivity contribution >= 4 is 5.91 Å². The number of likely N-dealkylation sites (tertiary alicyclic amines) is 1. The third kappa shape index (κ3) is 2.81. The normalized spacial score (nSPS) is 25.4. The van der Waals surface area contributed by atoms with Crippen LogP contribution in [-0.2, 0) is 4.79 Å². The molecule has 2 aliphatic carbocycles. The molecule has 0 bridgehead atoms. The average Bonchev–Trinajstić information content (AvgIpc) is 3.08. The molecule has 1 saturated heterocycles. The van der Waals surface area contributed by atoms with E-state index in [9.17, 15) is 4.79 Å². The van der Waals surface area contributed by atoms with Crippen molar-refractivity contribution < 1.29 is 9.32 Å². The summed E-state index contributed by atoms with van der Waals surface area (Å²) in [4.78, 5) is 19.2. The van der Waals surface area contributed by atoms with Crippen molar-refractivity contribution in [1.29, 1.82) is 0 Å². The third-order valence-electron chi connectivity index (χ3n) is 5.02. The highest BCUT2D eigenvalue weighted by atomic mass is 16.5. The van der Waals surface area contributed by atoms with Crippen LogP contribution in [0.5, 0.6) is 0 Å². The van der Waals surface area contributed by atoms with Crippen LogP contribution < -0.4 is 0 Å². The highest BCUT2D eigenvalue weighted by molar-refractivity contribution is 5.79. The van der Waals surface area contributed by atoms with E-state index in [1.807, 2.05) is 4.90 Å². The maximum atomic E-state index is 12.6. The monoisotopic (exact) mass is 301 g/mol. The van der Waals surface area contributed by atoms with Crippen LogP contribution in [0.2, 0.25) is 0 Å². The fraction of sp³-hybridized carbons (Fsp3) is 0.706. The summed E-state index contributed by atoms with van der Waals surface area (Å²) in [6.45, 7) is 0.823. The minimum absolute atomic E-state index is 0.0212. The van der Waals surface area contributed by atoms with Crippen molar-refractivity contribution in [2.75, 3.05) is 6.54 Å². The minimum Gasteiger partial charge on any atom is -0.339 e. The first-order valence-corrected chi connectivity index (χ1v) is 8.62. The Morgan fingerprint density at radius 1 is 1.27 bits per heavy atom. The van der Waals surface area contributed by atoms with Crippen molar-refractivity contribution in [2.45, 2.75) is 69.7 Å². The average molecular weight is 301 g/mol. The lowest BCUT2D eigenvalue weighted by Gasteiger charge is -2.23. The van der Waals surface area contributed by atoms with Crippen LogP contribution >= 0.6 is 0 Å². The molecule has 1 aromatic heterocycles. The Morgan fingerprint density at radius 3 is 2.95 bits per heavy atom. The summed E-state index contributed by atoms with van der Waals surface area (Å²) < 4.78 is 5.37. The lowest BCUT2D eigenvalue weighted by Crippen LogP contribution is -2.31. The van der Waals surface area contributed by atoms with E-state index < -0.39 is 0 Å². The zero-order chi connectivity index (χ0) is 14.9. The van der Waals surface area contributed by atoms with Gasteiger partial charge in [-0.25, -0.2) is 0 Å². The highest BCUT2D eigenvalue weighted by Gasteiger charge is 2.36. The van der Waals surface area contributed by atoms with Crippen molar-refractivity contribution in [1.82, 2.24) is 15.0 Å². The molecule has 22 heavy (non-hydrogen) atoms. The van der Waals surface area contributed by atoms with E-state index in [-0.39, 0.29) is 11.9 Å². The van der Waals surface area contributed by atoms with Crippen LogP contribution in [0.4, 0.5) is 0 Å². The predicted molar refractivity (Wildman–Crippen MR) is 81.1 cm³/mol. The van der Waals surface area contributed by atoms with Crippen LogP contribution in [0.3, 0.4) is 0 Å². The molecule has 4 rings (SSSR count). The standard InChI is InChI=1S/C17H23N3O2/c21-15(11-12-5-2-1-3-6-12)20-10-4-7-14(20)16-18-17(22-19-16)13-8-9-13/h5,13-14H,1-4,6-11H2/t14-/m1/s1. The van der Waals surface area contributed by atoms with Gasteiger partial charge in [-0.1, -0.05) is 16.8 Å². The molecule has 0 radical (unpaired) electrons. The van der Waals surface area contributed by atoms with Gasteiger partial charge in [-0.2, -0.15) is 4.98 Å². The second-order valence-electron chi connectivity index (χ2n) is 6.80. The number of rotatable bonds is 4. The van der Waals surface area contributed by atoms with E-state index in [1.54, 1.807) is 0 Å². The van der Waals surface area contributed by atoms with Crippen molar-refractivity contribution in [3.8, 4) is 0 Å². The van der Waals surface area contributed by atoms with Gasteiger partial charge in [0.05, 0.1) is 6.04 Å². The molecule has 5 nitrogen and oxygen atoms in total. The van der Waals surface area contributed by atoms with Gasteiger partial charge in [0.1, 0.15) is 0 Å². The van der Waals surface area contributed by atoms with Gasteiger partial charge >= 0.3 is 0 Å². The molecule has 2 fully saturated rings. The van der Waals surface area contributed by atoms with E-state index in [2.05, 4.69) is 16.2 Å². The maximum Gasteiger partial charge on any atom is 0.229 e. The summed E-state index contributed by atoms with van der Waals surface area (Å²) >= 11 is 0. The smallest absolute Gasteiger partial charge is 0.229 e. The van der Waals surface area contributed by atoms with E-state index >= 15 is 0 Å². The molecule has 1 aromatic rings. The molecule has 0 aromatic carbocycles. The molecular formula is C17H23N3O2. The zero-order valence-electron chi connectivity index (χ0n) is 13.0. The number of hydrogen-bond donors (Lipinski definition) is 0. The molecule has 118 valence electrons. The van der Waals surface area contributed by atoms with Gasteiger partial charge in [0.15, 0.2) is 5.82 Å². The summed E-state index contributed by atoms with van der Waals surface area (Å²) in [5, 5.41) is 4.14. The number of nitrogens with zero attached hydrogens (tertiary/aromatic N) is 3. The highest BCUT2D eigenvalue weighted by Crippen LogP contribution is 2.40. The van der Waals surface area contributed by atoms with Gasteiger partial charge in [0.2, 0.25) is 11.8 Å². The lowest BCUT2D eigenvalue weighted by atomic mass is 9.97. The molecule has 2 heterocycles. The van der Waals surface area contributed by atoms with E-state index in [4.69, 9.17) is 4.52 Å². The first kappa shape index (κ1) is 14.0. The molecule has 0 spiro atoms. The summed E-state index contributed by atoms with van der Waals surface area (Å²) in [6.07, 6.45) is 11.8. The molecule has 5 heteroatoms. The summed E-state index contributed by atoms with van der Waals surface area (Å²) in [6, 6.07) is 0.0212. The van der Waals surface area contributed by atoms with Gasteiger partial charge in [-0.3, -0.25) is 4.79 Å². The molecular weight excluding hydrogens is 278 g/mol. The Kier molecular flexibility index (Phi) is 3.72. The SMILES string of the molecule is O=C(CC1=CCCCC1)N1CCC[C@@H]1c1noc(C2CC2)n1. The maximum absolute atomic E-state index is 12.6. The Morgan fingerprint density at radius 2 is 2.18 bits per heavy atom. The lowest BCUT2D eigenvalue weighted by molar-refractivity contribution is -0.131. The number of amides is 1.